The number of carboxylic acid groups (broad SMARTS) is 1. The van der Waals surface area contributed by atoms with Gasteiger partial charge >= 0.3 is 5.97 Å². The molecule has 0 radical (unpaired) electrons. The zero-order valence-corrected chi connectivity index (χ0v) is 55.5. The second-order valence-corrected chi connectivity index (χ2v) is 27.4. The molecule has 0 saturated carbocycles. The van der Waals surface area contributed by atoms with Crippen LogP contribution in [0, 0.1) is 0 Å². The molecule has 97 heavy (non-hydrogen) atoms. The third kappa shape index (κ3) is 26.1. The number of H-pyrrole nitrogens is 1. The van der Waals surface area contributed by atoms with Gasteiger partial charge in [0, 0.05) is 67.3 Å². The largest absolute Gasteiger partial charge is 0.508 e. The Kier molecular flexibility index (Phi) is 31.7. The lowest BCUT2D eigenvalue weighted by Gasteiger charge is -2.30. The minimum Gasteiger partial charge on any atom is -0.508 e. The number of nitrogens with two attached hydrogens (primary N) is 5. The Labute approximate surface area is 569 Å². The zero-order chi connectivity index (χ0) is 71.5. The molecule has 2 unspecified atom stereocenters. The highest BCUT2D eigenvalue weighted by atomic mass is 33.1. The number of aliphatic carboxylic acids is 1. The van der Waals surface area contributed by atoms with Gasteiger partial charge < -0.3 is 112 Å². The van der Waals surface area contributed by atoms with Gasteiger partial charge in [0.05, 0.1) is 31.9 Å². The second kappa shape index (κ2) is 39.2. The zero-order valence-electron chi connectivity index (χ0n) is 52.2. The monoisotopic (exact) mass is 1440 g/mol. The summed E-state index contributed by atoms with van der Waals surface area (Å²) in [5.41, 5.74) is 29.0. The number of fused-ring (bicyclic) bond motifs is 6. The van der Waals surface area contributed by atoms with Crippen LogP contribution in [0.4, 0.5) is 0 Å². The molecule has 38 nitrogen and oxygen atoms in total. The minimum absolute atomic E-state index is 0.0293. The molecule has 14 amide bonds. The highest BCUT2D eigenvalue weighted by Crippen LogP contribution is 2.26. The van der Waals surface area contributed by atoms with Crippen molar-refractivity contribution in [2.24, 2.45) is 33.7 Å². The van der Waals surface area contributed by atoms with Crippen LogP contribution in [0.5, 0.6) is 5.75 Å². The van der Waals surface area contributed by atoms with Crippen molar-refractivity contribution in [3.8, 4) is 5.75 Å². The number of hydrogen-bond acceptors (Lipinski definition) is 24. The lowest BCUT2D eigenvalue weighted by Crippen LogP contribution is -2.61. The molecule has 1 aromatic carbocycles. The quantitative estimate of drug-likeness (QED) is 0.0303. The normalized spacial score (nSPS) is 25.8. The number of aromatic amines is 1. The van der Waals surface area contributed by atoms with Crippen molar-refractivity contribution in [2.45, 2.75) is 137 Å². The first kappa shape index (κ1) is 78.6. The first-order valence-electron chi connectivity index (χ1n) is 30.1. The maximum absolute atomic E-state index is 14.6. The van der Waals surface area contributed by atoms with Crippen LogP contribution in [0.2, 0.25) is 0 Å². The number of aliphatic imine (C=N–C) groups is 1. The van der Waals surface area contributed by atoms with Crippen LogP contribution in [0.25, 0.3) is 0 Å². The number of aliphatic hydroxyl groups excluding tert-OH is 1. The highest BCUT2D eigenvalue weighted by molar-refractivity contribution is 8.77. The Morgan fingerprint density at radius 1 is 0.691 bits per heavy atom. The molecule has 3 aliphatic rings. The molecule has 42 heteroatoms. The van der Waals surface area contributed by atoms with E-state index in [4.69, 9.17) is 28.7 Å². The van der Waals surface area contributed by atoms with Gasteiger partial charge in [-0.3, -0.25) is 76.9 Å². The topological polar surface area (TPSA) is 623 Å². The molecular formula is C55H80N20O18S4. The van der Waals surface area contributed by atoms with E-state index in [2.05, 4.69) is 73.4 Å². The molecule has 4 heterocycles. The number of aromatic hydroxyl groups is 1. The van der Waals surface area contributed by atoms with Gasteiger partial charge in [-0.25, -0.2) is 4.98 Å². The van der Waals surface area contributed by atoms with Crippen LogP contribution in [0.3, 0.4) is 0 Å². The van der Waals surface area contributed by atoms with Crippen LogP contribution in [0.15, 0.2) is 41.8 Å². The fourth-order valence-corrected chi connectivity index (χ4v) is 14.2. The number of rotatable bonds is 17. The molecule has 25 N–H and O–H groups in total. The van der Waals surface area contributed by atoms with Gasteiger partial charge in [-0.1, -0.05) is 55.3 Å². The molecule has 2 aromatic rings. The smallest absolute Gasteiger partial charge is 0.303 e. The molecule has 0 aliphatic carbocycles. The molecule has 5 rings (SSSR count). The van der Waals surface area contributed by atoms with Gasteiger partial charge in [-0.2, -0.15) is 0 Å². The number of amides is 14. The number of aliphatic hydroxyl groups is 1. The van der Waals surface area contributed by atoms with Crippen molar-refractivity contribution in [2.75, 3.05) is 49.3 Å². The third-order valence-electron chi connectivity index (χ3n) is 14.7. The Bertz CT molecular complexity index is 3210. The van der Waals surface area contributed by atoms with E-state index in [0.29, 0.717) is 5.56 Å². The van der Waals surface area contributed by atoms with Crippen LogP contribution in [0.1, 0.15) is 63.1 Å². The van der Waals surface area contributed by atoms with Crippen molar-refractivity contribution >= 4 is 138 Å². The first-order valence-corrected chi connectivity index (χ1v) is 35.1. The van der Waals surface area contributed by atoms with Crippen molar-refractivity contribution in [1.29, 1.82) is 0 Å². The Morgan fingerprint density at radius 2 is 1.29 bits per heavy atom. The molecule has 3 saturated heterocycles. The number of hydrogen-bond donors (Lipinski definition) is 20. The number of phenolic OH excluding ortho intramolecular Hbond substituents is 1. The van der Waals surface area contributed by atoms with Gasteiger partial charge in [-0.15, -0.1) is 0 Å². The number of carboxylic acids is 1. The van der Waals surface area contributed by atoms with Crippen LogP contribution < -0.4 is 87.2 Å². The summed E-state index contributed by atoms with van der Waals surface area (Å²) < 4.78 is 0. The van der Waals surface area contributed by atoms with Crippen molar-refractivity contribution in [1.82, 2.24) is 73.4 Å². The number of guanidine groups is 1. The number of nitrogens with zero attached hydrogens (tertiary/aromatic N) is 3. The Balaban J connectivity index is 1.59. The molecule has 3 aliphatic heterocycles. The van der Waals surface area contributed by atoms with Gasteiger partial charge in [0.15, 0.2) is 5.96 Å². The lowest BCUT2D eigenvalue weighted by molar-refractivity contribution is -0.143. The Hall–Kier alpha value is -9.13. The van der Waals surface area contributed by atoms with E-state index >= 15 is 0 Å². The number of nitrogens with one attached hydrogen (secondary N) is 12. The maximum atomic E-state index is 14.6. The number of imidazole rings is 1. The highest BCUT2D eigenvalue weighted by Gasteiger charge is 2.41. The molecule has 1 aromatic heterocycles. The fraction of sp³-hybridized carbons (Fsp3) is 0.545. The standard InChI is InChI=1S/C55H80N20O18S4/c1-25-44(83)72-36-21-95-97-23-38(51(90)69-33(16-40(57)78)54(93)75-13-3-5-39(75)53(92)65-25)74-52(91)37(73-45(84)29(56)10-11-42(80)81)22-96-94-20-35(43(58)82)71-50(89)34(19-76)70-48(87)31(14-26-6-8-28(77)9-7-26)67-49(88)32(15-27-17-61-24-64-27)68-47(86)30(4-2-12-62-55(59)60)66-41(79)18-63-46(36)85/h6-9,17,24-25,29-39,76-77H,2-5,10-16,18-23,56H2,1H3,(H2,57,78)(H2,58,82)(H,61,64)(H,63,85)(H,65,92)(H,66,79)(H,67,88)(H,68,86)(H,69,90)(H,70,87)(H,71,89)(H,72,83)(H,73,84)(H,74,91)(H,80,81)(H4,59,60,62)/t25-,29-,30?,31-,32-,33-,34?,35-,36-,37-,38-,39-/m0/s1. The SMILES string of the molecule is C[C@@H]1NC(=O)[C@@H]2CCCN2C(=O)[C@H](CC(N)=O)NC(=O)[C@@H]2CSSC[C@H](NC1=O)C(=O)NCC(=O)NC(CCCN=C(N)N)C(=O)N[C@@H](Cc1cnc[nH]1)C(=O)N[C@@H](Cc1ccc(O)cc1)C(=O)NC(CO)C(=O)N[C@H](C(N)=O)CSSC[C@H](NC(=O)[C@@H](N)CCC(=O)O)C(=O)N2. The number of aromatic nitrogens is 2. The van der Waals surface area contributed by atoms with E-state index in [1.807, 2.05) is 0 Å². The van der Waals surface area contributed by atoms with Crippen molar-refractivity contribution in [3.05, 3.63) is 48.0 Å². The maximum Gasteiger partial charge on any atom is 0.303 e. The molecular weight excluding hydrogens is 1360 g/mol. The van der Waals surface area contributed by atoms with Gasteiger partial charge in [0.25, 0.3) is 0 Å². The number of phenols is 1. The van der Waals surface area contributed by atoms with Crippen LogP contribution in [-0.4, -0.2) is 247 Å². The summed E-state index contributed by atoms with van der Waals surface area (Å²) in [7, 11) is 3.22. The van der Waals surface area contributed by atoms with E-state index < -0.39 is 211 Å². The number of primary amides is 2. The predicted molar refractivity (Wildman–Crippen MR) is 352 cm³/mol. The number of benzene rings is 1. The summed E-state index contributed by atoms with van der Waals surface area (Å²) in [5, 5.41) is 56.9. The molecule has 3 fully saturated rings. The molecule has 12 atom stereocenters. The first-order chi connectivity index (χ1) is 46.0. The second-order valence-electron chi connectivity index (χ2n) is 22.3. The van der Waals surface area contributed by atoms with Gasteiger partial charge in [-0.05, 0) is 56.7 Å². The van der Waals surface area contributed by atoms with Gasteiger partial charge in [0.1, 0.15) is 72.2 Å². The summed E-state index contributed by atoms with van der Waals surface area (Å²) in [6.07, 6.45) is 0.245. The summed E-state index contributed by atoms with van der Waals surface area (Å²) >= 11 is 0. The fourth-order valence-electron chi connectivity index (χ4n) is 9.51. The third-order valence-corrected chi connectivity index (χ3v) is 19.6. The van der Waals surface area contributed by atoms with E-state index in [0.717, 1.165) is 48.1 Å². The summed E-state index contributed by atoms with van der Waals surface area (Å²) in [4.78, 5) is 219. The van der Waals surface area contributed by atoms with E-state index in [-0.39, 0.29) is 74.8 Å². The molecule has 0 spiro atoms. The average Bonchev–Trinajstić information content (AvgIpc) is 1.79. The number of carbonyl (C=O) groups excluding carboxylic acids is 14. The summed E-state index contributed by atoms with van der Waals surface area (Å²) in [6, 6.07) is -13.8. The van der Waals surface area contributed by atoms with Crippen LogP contribution in [-0.2, 0) is 84.8 Å². The lowest BCUT2D eigenvalue weighted by atomic mass is 10.0. The molecule has 532 valence electrons. The predicted octanol–water partition coefficient (Wildman–Crippen LogP) is -8.74. The minimum atomic E-state index is -1.86. The van der Waals surface area contributed by atoms with Crippen LogP contribution >= 0.6 is 43.2 Å². The van der Waals surface area contributed by atoms with E-state index in [1.54, 1.807) is 0 Å². The van der Waals surface area contributed by atoms with E-state index in [1.165, 1.54) is 43.7 Å². The number of carbonyl (C=O) groups is 15. The van der Waals surface area contributed by atoms with E-state index in [9.17, 15) is 87.2 Å². The van der Waals surface area contributed by atoms with Crippen molar-refractivity contribution in [3.63, 3.8) is 0 Å². The summed E-state index contributed by atoms with van der Waals surface area (Å²) in [5.74, 6) is -18.0. The average molecular weight is 1440 g/mol. The van der Waals surface area contributed by atoms with Gasteiger partial charge in [0.2, 0.25) is 82.7 Å². The van der Waals surface area contributed by atoms with Crippen molar-refractivity contribution < 1.29 is 87.2 Å². The Morgan fingerprint density at radius 3 is 1.91 bits per heavy atom. The molecule has 2 bridgehead atoms. The summed E-state index contributed by atoms with van der Waals surface area (Å²) in [6.45, 7) is -0.835.